The number of rotatable bonds is 6. The van der Waals surface area contributed by atoms with Crippen LogP contribution in [0.25, 0.3) is 0 Å². The molecule has 1 rings (SSSR count). The average molecular weight is 285 g/mol. The molecule has 2 unspecified atom stereocenters. The van der Waals surface area contributed by atoms with E-state index in [9.17, 15) is 13.9 Å². The Kier molecular flexibility index (Phi) is 5.66. The largest absolute Gasteiger partial charge is 0.386 e. The van der Waals surface area contributed by atoms with Crippen LogP contribution in [0.2, 0.25) is 0 Å². The predicted octanol–water partition coefficient (Wildman–Crippen LogP) is 3.82. The Hall–Kier alpha value is -1.00. The molecule has 0 aliphatic heterocycles. The van der Waals surface area contributed by atoms with Gasteiger partial charge < -0.3 is 5.11 Å². The number of benzene rings is 1. The fourth-order valence-corrected chi connectivity index (χ4v) is 2.74. The number of likely N-dealkylation sites (N-methyl/N-ethyl adjacent to an activating group) is 1. The Morgan fingerprint density at radius 3 is 2.15 bits per heavy atom. The molecular weight excluding hydrogens is 260 g/mol. The van der Waals surface area contributed by atoms with Crippen molar-refractivity contribution < 1.29 is 13.9 Å². The Morgan fingerprint density at radius 2 is 1.70 bits per heavy atom. The van der Waals surface area contributed by atoms with Gasteiger partial charge in [0.05, 0.1) is 6.10 Å². The molecule has 0 amide bonds. The van der Waals surface area contributed by atoms with E-state index in [1.807, 2.05) is 27.7 Å². The number of hydrogen-bond acceptors (Lipinski definition) is 2. The van der Waals surface area contributed by atoms with Crippen molar-refractivity contribution >= 4 is 0 Å². The lowest BCUT2D eigenvalue weighted by Crippen LogP contribution is -2.50. The van der Waals surface area contributed by atoms with Crippen molar-refractivity contribution in [2.24, 2.45) is 0 Å². The zero-order valence-corrected chi connectivity index (χ0v) is 13.0. The van der Waals surface area contributed by atoms with Crippen molar-refractivity contribution in [1.82, 2.24) is 4.90 Å². The van der Waals surface area contributed by atoms with E-state index in [1.54, 1.807) is 0 Å². The first-order chi connectivity index (χ1) is 9.33. The molecule has 0 heterocycles. The third-order valence-electron chi connectivity index (χ3n) is 4.39. The number of aliphatic hydroxyl groups excluding tert-OH is 1. The highest BCUT2D eigenvalue weighted by atomic mass is 19.2. The van der Waals surface area contributed by atoms with Gasteiger partial charge in [-0.2, -0.15) is 0 Å². The molecule has 4 heteroatoms. The molecule has 1 N–H and O–H groups in total. The maximum Gasteiger partial charge on any atom is 0.164 e. The van der Waals surface area contributed by atoms with Gasteiger partial charge in [-0.25, -0.2) is 8.78 Å². The van der Waals surface area contributed by atoms with Gasteiger partial charge in [0, 0.05) is 11.1 Å². The van der Waals surface area contributed by atoms with Crippen molar-refractivity contribution in [3.63, 3.8) is 0 Å². The summed E-state index contributed by atoms with van der Waals surface area (Å²) in [6.07, 6.45) is -0.423. The molecular formula is C16H25F2NO. The Balaban J connectivity index is 3.27. The first-order valence-electron chi connectivity index (χ1n) is 7.21. The normalized spacial score (nSPS) is 16.2. The van der Waals surface area contributed by atoms with E-state index < -0.39 is 23.3 Å². The summed E-state index contributed by atoms with van der Waals surface area (Å²) in [6.45, 7) is 10.8. The number of aliphatic hydroxyl groups is 1. The minimum atomic E-state index is -1.07. The van der Waals surface area contributed by atoms with Gasteiger partial charge in [0.25, 0.3) is 0 Å². The van der Waals surface area contributed by atoms with Crippen molar-refractivity contribution in [1.29, 1.82) is 0 Å². The number of nitrogens with zero attached hydrogens (tertiary/aromatic N) is 1. The smallest absolute Gasteiger partial charge is 0.164 e. The third-order valence-corrected chi connectivity index (χ3v) is 4.39. The lowest BCUT2D eigenvalue weighted by molar-refractivity contribution is -0.0233. The van der Waals surface area contributed by atoms with Gasteiger partial charge >= 0.3 is 0 Å². The summed E-state index contributed by atoms with van der Waals surface area (Å²) in [5.74, 6) is -1.82. The van der Waals surface area contributed by atoms with Crippen LogP contribution in [-0.2, 0) is 0 Å². The van der Waals surface area contributed by atoms with Gasteiger partial charge in [-0.15, -0.1) is 0 Å². The minimum absolute atomic E-state index is 0.0318. The van der Waals surface area contributed by atoms with Crippen LogP contribution in [-0.4, -0.2) is 28.6 Å². The van der Waals surface area contributed by atoms with E-state index in [4.69, 9.17) is 0 Å². The van der Waals surface area contributed by atoms with Crippen LogP contribution in [0.5, 0.6) is 0 Å². The van der Waals surface area contributed by atoms with Gasteiger partial charge in [-0.3, -0.25) is 4.90 Å². The second-order valence-electron chi connectivity index (χ2n) is 5.39. The van der Waals surface area contributed by atoms with Crippen molar-refractivity contribution in [3.8, 4) is 0 Å². The van der Waals surface area contributed by atoms with Gasteiger partial charge in [0.1, 0.15) is 0 Å². The molecule has 1 aromatic carbocycles. The molecule has 0 aliphatic rings. The van der Waals surface area contributed by atoms with E-state index in [0.29, 0.717) is 6.42 Å². The summed E-state index contributed by atoms with van der Waals surface area (Å²) in [5, 5.41) is 10.6. The molecule has 1 aromatic rings. The Labute approximate surface area is 120 Å². The van der Waals surface area contributed by atoms with Crippen LogP contribution in [0.4, 0.5) is 8.78 Å². The van der Waals surface area contributed by atoms with E-state index in [2.05, 4.69) is 4.90 Å². The lowest BCUT2D eigenvalue weighted by Gasteiger charge is -2.43. The third kappa shape index (κ3) is 2.86. The van der Waals surface area contributed by atoms with Gasteiger partial charge in [0.15, 0.2) is 11.6 Å². The van der Waals surface area contributed by atoms with Gasteiger partial charge in [0.2, 0.25) is 0 Å². The Morgan fingerprint density at radius 1 is 1.15 bits per heavy atom. The van der Waals surface area contributed by atoms with Crippen LogP contribution in [0, 0.1) is 18.6 Å². The molecule has 0 spiro atoms. The molecule has 0 radical (unpaired) electrons. The molecule has 0 saturated carbocycles. The molecule has 0 aromatic heterocycles. The number of halogens is 2. The first kappa shape index (κ1) is 17.1. The fourth-order valence-electron chi connectivity index (χ4n) is 2.74. The predicted molar refractivity (Wildman–Crippen MR) is 77.7 cm³/mol. The van der Waals surface area contributed by atoms with Gasteiger partial charge in [-0.1, -0.05) is 32.9 Å². The topological polar surface area (TPSA) is 23.5 Å². The molecule has 0 aliphatic carbocycles. The molecule has 0 saturated heterocycles. The first-order valence-corrected chi connectivity index (χ1v) is 7.21. The second-order valence-corrected chi connectivity index (χ2v) is 5.39. The highest BCUT2D eigenvalue weighted by molar-refractivity contribution is 5.29. The van der Waals surface area contributed by atoms with Crippen LogP contribution >= 0.6 is 0 Å². The Bertz CT molecular complexity index is 460. The zero-order chi connectivity index (χ0) is 15.5. The van der Waals surface area contributed by atoms with E-state index >= 15 is 0 Å². The van der Waals surface area contributed by atoms with Crippen molar-refractivity contribution in [2.75, 3.05) is 13.1 Å². The lowest BCUT2D eigenvalue weighted by atomic mass is 9.84. The standard InChI is InChI=1S/C16H25F2NO/c1-6-16(5,19(7-2)8-3)15(20)12-10-9-11(4)13(17)14(12)18/h9-10,15,20H,6-8H2,1-5H3. The molecule has 0 bridgehead atoms. The second kappa shape index (κ2) is 6.64. The summed E-state index contributed by atoms with van der Waals surface area (Å²) in [6, 6.07) is 2.99. The summed E-state index contributed by atoms with van der Waals surface area (Å²) in [7, 11) is 0. The average Bonchev–Trinajstić information content (AvgIpc) is 2.45. The summed E-state index contributed by atoms with van der Waals surface area (Å²) >= 11 is 0. The summed E-state index contributed by atoms with van der Waals surface area (Å²) in [5.41, 5.74) is -0.338. The molecule has 2 nitrogen and oxygen atoms in total. The fraction of sp³-hybridized carbons (Fsp3) is 0.625. The maximum absolute atomic E-state index is 14.1. The van der Waals surface area contributed by atoms with E-state index in [-0.39, 0.29) is 11.1 Å². The van der Waals surface area contributed by atoms with Crippen molar-refractivity contribution in [2.45, 2.75) is 52.7 Å². The number of hydrogen-bond donors (Lipinski definition) is 1. The van der Waals surface area contributed by atoms with E-state index in [0.717, 1.165) is 13.1 Å². The van der Waals surface area contributed by atoms with Crippen LogP contribution in [0.15, 0.2) is 12.1 Å². The quantitative estimate of drug-likeness (QED) is 0.859. The summed E-state index contributed by atoms with van der Waals surface area (Å²) in [4.78, 5) is 2.08. The molecule has 114 valence electrons. The van der Waals surface area contributed by atoms with Crippen LogP contribution in [0.1, 0.15) is 51.3 Å². The van der Waals surface area contributed by atoms with E-state index in [1.165, 1.54) is 19.1 Å². The molecule has 2 atom stereocenters. The zero-order valence-electron chi connectivity index (χ0n) is 13.0. The maximum atomic E-state index is 14.1. The summed E-state index contributed by atoms with van der Waals surface area (Å²) < 4.78 is 27.8. The SMILES string of the molecule is CCN(CC)C(C)(CC)C(O)c1ccc(C)c(F)c1F. The van der Waals surface area contributed by atoms with Crippen molar-refractivity contribution in [3.05, 3.63) is 34.9 Å². The van der Waals surface area contributed by atoms with Crippen LogP contribution < -0.4 is 0 Å². The highest BCUT2D eigenvalue weighted by Gasteiger charge is 2.38. The molecule has 0 fully saturated rings. The minimum Gasteiger partial charge on any atom is -0.386 e. The highest BCUT2D eigenvalue weighted by Crippen LogP contribution is 2.36. The van der Waals surface area contributed by atoms with Crippen LogP contribution in [0.3, 0.4) is 0 Å². The monoisotopic (exact) mass is 285 g/mol. The number of aryl methyl sites for hydroxylation is 1. The molecule has 20 heavy (non-hydrogen) atoms. The van der Waals surface area contributed by atoms with Gasteiger partial charge in [-0.05, 0) is 38.9 Å².